The zero-order valence-corrected chi connectivity index (χ0v) is 14.3. The normalized spacial score (nSPS) is 14.4. The molecule has 1 aliphatic carbocycles. The highest BCUT2D eigenvalue weighted by Crippen LogP contribution is 2.37. The Morgan fingerprint density at radius 3 is 2.77 bits per heavy atom. The third-order valence-corrected chi connectivity index (χ3v) is 5.22. The summed E-state index contributed by atoms with van der Waals surface area (Å²) in [7, 11) is 0. The van der Waals surface area contributed by atoms with Crippen molar-refractivity contribution in [2.24, 2.45) is 0 Å². The van der Waals surface area contributed by atoms with Crippen molar-refractivity contribution < 1.29 is 0 Å². The molecular formula is C21H18N4O. The van der Waals surface area contributed by atoms with Crippen molar-refractivity contribution in [3.63, 3.8) is 0 Å². The minimum atomic E-state index is -0.184. The van der Waals surface area contributed by atoms with Crippen LogP contribution in [0, 0.1) is 22.7 Å². The molecule has 0 radical (unpaired) electrons. The van der Waals surface area contributed by atoms with Crippen LogP contribution < -0.4 is 5.56 Å². The lowest BCUT2D eigenvalue weighted by Crippen LogP contribution is -2.09. The summed E-state index contributed by atoms with van der Waals surface area (Å²) >= 11 is 0. The number of rotatable bonds is 3. The Balaban J connectivity index is 2.02. The van der Waals surface area contributed by atoms with Crippen LogP contribution >= 0.6 is 0 Å². The molecule has 5 heteroatoms. The van der Waals surface area contributed by atoms with E-state index in [1.54, 1.807) is 0 Å². The summed E-state index contributed by atoms with van der Waals surface area (Å²) in [6.45, 7) is 0. The van der Waals surface area contributed by atoms with Gasteiger partial charge in [-0.25, -0.2) is 0 Å². The first-order valence-corrected chi connectivity index (χ1v) is 8.85. The smallest absolute Gasteiger partial charge is 0.258 e. The van der Waals surface area contributed by atoms with Crippen LogP contribution in [0.4, 0.5) is 0 Å². The molecule has 1 aliphatic rings. The predicted molar refractivity (Wildman–Crippen MR) is 99.5 cm³/mol. The van der Waals surface area contributed by atoms with Crippen LogP contribution in [0.25, 0.3) is 22.0 Å². The predicted octanol–water partition coefficient (Wildman–Crippen LogP) is 4.05. The molecule has 26 heavy (non-hydrogen) atoms. The van der Waals surface area contributed by atoms with E-state index in [1.807, 2.05) is 30.5 Å². The molecule has 4 rings (SSSR count). The fourth-order valence-electron chi connectivity index (χ4n) is 4.02. The van der Waals surface area contributed by atoms with Crippen molar-refractivity contribution in [3.8, 4) is 23.3 Å². The minimum absolute atomic E-state index is 0.184. The number of H-pyrrole nitrogens is 1. The summed E-state index contributed by atoms with van der Waals surface area (Å²) in [6.07, 6.45) is 8.32. The first-order chi connectivity index (χ1) is 12.7. The van der Waals surface area contributed by atoms with Gasteiger partial charge in [0.05, 0.1) is 29.0 Å². The highest BCUT2D eigenvalue weighted by atomic mass is 16.1. The number of nitriles is 2. The zero-order valence-electron chi connectivity index (χ0n) is 14.3. The monoisotopic (exact) mass is 342 g/mol. The third-order valence-electron chi connectivity index (χ3n) is 5.22. The fraction of sp³-hybridized carbons (Fsp3) is 0.286. The van der Waals surface area contributed by atoms with Crippen molar-refractivity contribution in [3.05, 3.63) is 58.1 Å². The number of nitrogens with zero attached hydrogens (tertiary/aromatic N) is 3. The number of hydrogen-bond donors (Lipinski definition) is 1. The number of aromatic nitrogens is 2. The quantitative estimate of drug-likeness (QED) is 0.779. The standard InChI is InChI=1S/C21H18N4O/c22-9-8-14-4-3-5-15(10-14)18-13-25(17-6-1-2-7-17)20-16(11-23)12-24-21(26)19(18)20/h3-5,10,12-13,17H,1-2,6-8H2,(H,24,26). The number of aromatic amines is 1. The fourth-order valence-corrected chi connectivity index (χ4v) is 4.02. The highest BCUT2D eigenvalue weighted by molar-refractivity contribution is 5.98. The second-order valence-electron chi connectivity index (χ2n) is 6.79. The molecule has 0 bridgehead atoms. The van der Waals surface area contributed by atoms with Crippen LogP contribution in [0.1, 0.15) is 42.9 Å². The second-order valence-corrected chi connectivity index (χ2v) is 6.79. The molecule has 0 amide bonds. The molecule has 1 saturated carbocycles. The number of fused-ring (bicyclic) bond motifs is 1. The number of nitrogens with one attached hydrogen (secondary N) is 1. The largest absolute Gasteiger partial charge is 0.342 e. The number of benzene rings is 1. The van der Waals surface area contributed by atoms with Gasteiger partial charge in [-0.2, -0.15) is 10.5 Å². The summed E-state index contributed by atoms with van der Waals surface area (Å²) in [5, 5.41) is 19.1. The lowest BCUT2D eigenvalue weighted by molar-refractivity contribution is 0.535. The molecule has 0 unspecified atom stereocenters. The van der Waals surface area contributed by atoms with Gasteiger partial charge >= 0.3 is 0 Å². The van der Waals surface area contributed by atoms with Crippen LogP contribution in [-0.4, -0.2) is 9.55 Å². The van der Waals surface area contributed by atoms with Crippen LogP contribution in [-0.2, 0) is 6.42 Å². The van der Waals surface area contributed by atoms with Gasteiger partial charge in [-0.1, -0.05) is 37.1 Å². The molecular weight excluding hydrogens is 324 g/mol. The molecule has 2 aromatic heterocycles. The average molecular weight is 342 g/mol. The molecule has 0 saturated heterocycles. The highest BCUT2D eigenvalue weighted by Gasteiger charge is 2.24. The van der Waals surface area contributed by atoms with Crippen LogP contribution in [0.5, 0.6) is 0 Å². The van der Waals surface area contributed by atoms with E-state index in [-0.39, 0.29) is 5.56 Å². The molecule has 1 aromatic carbocycles. The molecule has 1 N–H and O–H groups in total. The lowest BCUT2D eigenvalue weighted by Gasteiger charge is -2.13. The van der Waals surface area contributed by atoms with E-state index in [1.165, 1.54) is 19.0 Å². The molecule has 0 aliphatic heterocycles. The van der Waals surface area contributed by atoms with E-state index in [0.29, 0.717) is 23.4 Å². The molecule has 5 nitrogen and oxygen atoms in total. The summed E-state index contributed by atoms with van der Waals surface area (Å²) in [4.78, 5) is 15.4. The van der Waals surface area contributed by atoms with E-state index in [0.717, 1.165) is 35.0 Å². The Hall–Kier alpha value is -3.31. The van der Waals surface area contributed by atoms with Crippen molar-refractivity contribution in [2.75, 3.05) is 0 Å². The SMILES string of the molecule is N#CCc1cccc(-c2cn(C3CCCC3)c3c(C#N)c[nH]c(=O)c23)c1. The van der Waals surface area contributed by atoms with Gasteiger partial charge < -0.3 is 9.55 Å². The van der Waals surface area contributed by atoms with Gasteiger partial charge in [0.15, 0.2) is 0 Å². The molecule has 3 aromatic rings. The van der Waals surface area contributed by atoms with E-state index in [2.05, 4.69) is 21.7 Å². The van der Waals surface area contributed by atoms with Crippen LogP contribution in [0.15, 0.2) is 41.5 Å². The zero-order chi connectivity index (χ0) is 18.1. The molecule has 128 valence electrons. The van der Waals surface area contributed by atoms with Crippen LogP contribution in [0.3, 0.4) is 0 Å². The molecule has 0 atom stereocenters. The van der Waals surface area contributed by atoms with E-state index >= 15 is 0 Å². The maximum absolute atomic E-state index is 12.6. The van der Waals surface area contributed by atoms with Crippen molar-refractivity contribution >= 4 is 10.9 Å². The van der Waals surface area contributed by atoms with E-state index in [4.69, 9.17) is 5.26 Å². The number of hydrogen-bond acceptors (Lipinski definition) is 3. The summed E-state index contributed by atoms with van der Waals surface area (Å²) < 4.78 is 2.13. The van der Waals surface area contributed by atoms with Gasteiger partial charge in [0.1, 0.15) is 6.07 Å². The Kier molecular flexibility index (Phi) is 4.07. The Morgan fingerprint density at radius 1 is 1.23 bits per heavy atom. The first kappa shape index (κ1) is 16.2. The summed E-state index contributed by atoms with van der Waals surface area (Å²) in [5.41, 5.74) is 3.68. The Morgan fingerprint density at radius 2 is 2.04 bits per heavy atom. The maximum atomic E-state index is 12.6. The van der Waals surface area contributed by atoms with Gasteiger partial charge in [-0.3, -0.25) is 4.79 Å². The molecule has 1 fully saturated rings. The Bertz CT molecular complexity index is 1120. The third kappa shape index (κ3) is 2.59. The number of pyridine rings is 1. The lowest BCUT2D eigenvalue weighted by atomic mass is 10.0. The minimum Gasteiger partial charge on any atom is -0.342 e. The van der Waals surface area contributed by atoms with Gasteiger partial charge in [0, 0.05) is 24.0 Å². The van der Waals surface area contributed by atoms with Crippen LogP contribution in [0.2, 0.25) is 0 Å². The molecule has 2 heterocycles. The van der Waals surface area contributed by atoms with Crippen molar-refractivity contribution in [1.29, 1.82) is 10.5 Å². The average Bonchev–Trinajstić information content (AvgIpc) is 3.31. The summed E-state index contributed by atoms with van der Waals surface area (Å²) in [5.74, 6) is 0. The van der Waals surface area contributed by atoms with Gasteiger partial charge in [0.25, 0.3) is 5.56 Å². The van der Waals surface area contributed by atoms with Gasteiger partial charge in [-0.05, 0) is 24.0 Å². The van der Waals surface area contributed by atoms with Crippen molar-refractivity contribution in [2.45, 2.75) is 38.1 Å². The molecule has 0 spiro atoms. The maximum Gasteiger partial charge on any atom is 0.258 e. The topological polar surface area (TPSA) is 85.4 Å². The van der Waals surface area contributed by atoms with Crippen molar-refractivity contribution in [1.82, 2.24) is 9.55 Å². The van der Waals surface area contributed by atoms with E-state index < -0.39 is 0 Å². The Labute approximate surface area is 151 Å². The summed E-state index contributed by atoms with van der Waals surface area (Å²) in [6, 6.07) is 12.4. The van der Waals surface area contributed by atoms with E-state index in [9.17, 15) is 10.1 Å². The second kappa shape index (κ2) is 6.54. The van der Waals surface area contributed by atoms with Gasteiger partial charge in [0.2, 0.25) is 0 Å². The first-order valence-electron chi connectivity index (χ1n) is 8.85. The van der Waals surface area contributed by atoms with Gasteiger partial charge in [-0.15, -0.1) is 0 Å².